The Morgan fingerprint density at radius 2 is 1.59 bits per heavy atom. The van der Waals surface area contributed by atoms with Gasteiger partial charge in [-0.15, -0.1) is 0 Å². The first-order valence-corrected chi connectivity index (χ1v) is 8.44. The lowest BCUT2D eigenvalue weighted by atomic mass is 9.61. The molecule has 1 aliphatic rings. The Kier molecular flexibility index (Phi) is 2.70. The summed E-state index contributed by atoms with van der Waals surface area (Å²) in [4.78, 5) is 0. The maximum absolute atomic E-state index is 2.56. The van der Waals surface area contributed by atoms with Crippen molar-refractivity contribution >= 4 is 21.7 Å². The van der Waals surface area contributed by atoms with Gasteiger partial charge in [-0.05, 0) is 36.4 Å². The highest BCUT2D eigenvalue weighted by Gasteiger charge is 2.55. The highest BCUT2D eigenvalue weighted by molar-refractivity contribution is 6.06. The Morgan fingerprint density at radius 1 is 0.864 bits per heavy atom. The van der Waals surface area contributed by atoms with E-state index in [4.69, 9.17) is 0 Å². The fourth-order valence-corrected chi connectivity index (χ4v) is 4.64. The van der Waals surface area contributed by atoms with Crippen molar-refractivity contribution in [3.8, 4) is 0 Å². The van der Waals surface area contributed by atoms with Crippen LogP contribution in [-0.2, 0) is 11.0 Å². The monoisotopic (exact) mass is 290 g/mol. The SMILES string of the molecule is CCC1(C)c2cccc3ccc4ccc[n+](c4c23)C1(C)CC. The second-order valence-corrected chi connectivity index (χ2v) is 7.10. The number of rotatable bonds is 2. The first-order chi connectivity index (χ1) is 10.6. The van der Waals surface area contributed by atoms with Gasteiger partial charge in [-0.2, -0.15) is 4.57 Å². The van der Waals surface area contributed by atoms with Crippen LogP contribution in [0.3, 0.4) is 0 Å². The van der Waals surface area contributed by atoms with E-state index in [1.54, 1.807) is 0 Å². The summed E-state index contributed by atoms with van der Waals surface area (Å²) in [5, 5.41) is 4.17. The van der Waals surface area contributed by atoms with Crippen LogP contribution in [0.4, 0.5) is 0 Å². The first-order valence-electron chi connectivity index (χ1n) is 8.44. The normalized spacial score (nSPS) is 26.9. The molecule has 0 saturated carbocycles. The van der Waals surface area contributed by atoms with Crippen LogP contribution in [0.1, 0.15) is 46.1 Å². The van der Waals surface area contributed by atoms with E-state index in [2.05, 4.69) is 80.9 Å². The molecule has 0 amide bonds. The smallest absolute Gasteiger partial charge is 0.192 e. The van der Waals surface area contributed by atoms with E-state index in [1.165, 1.54) is 27.2 Å². The molecule has 1 aromatic heterocycles. The molecule has 22 heavy (non-hydrogen) atoms. The van der Waals surface area contributed by atoms with Gasteiger partial charge in [-0.25, -0.2) is 0 Å². The van der Waals surface area contributed by atoms with Crippen LogP contribution >= 0.6 is 0 Å². The van der Waals surface area contributed by atoms with E-state index in [0.717, 1.165) is 12.8 Å². The minimum Gasteiger partial charge on any atom is -0.192 e. The third-order valence-electron chi connectivity index (χ3n) is 6.51. The molecule has 2 heterocycles. The van der Waals surface area contributed by atoms with Gasteiger partial charge in [0, 0.05) is 24.8 Å². The molecule has 1 aliphatic heterocycles. The van der Waals surface area contributed by atoms with Gasteiger partial charge in [-0.3, -0.25) is 0 Å². The van der Waals surface area contributed by atoms with Crippen LogP contribution in [0.15, 0.2) is 48.7 Å². The highest BCUT2D eigenvalue weighted by atomic mass is 15.1. The molecular formula is C21H24N+. The minimum absolute atomic E-state index is 0.101. The summed E-state index contributed by atoms with van der Waals surface area (Å²) >= 11 is 0. The zero-order valence-electron chi connectivity index (χ0n) is 14.0. The number of nitrogens with zero attached hydrogens (tertiary/aromatic N) is 1. The van der Waals surface area contributed by atoms with Crippen molar-refractivity contribution in [2.24, 2.45) is 0 Å². The molecule has 0 saturated heterocycles. The van der Waals surface area contributed by atoms with E-state index in [9.17, 15) is 0 Å². The van der Waals surface area contributed by atoms with Crippen molar-refractivity contribution in [1.29, 1.82) is 0 Å². The number of benzene rings is 2. The van der Waals surface area contributed by atoms with Gasteiger partial charge in [0.05, 0.1) is 10.8 Å². The molecule has 0 fully saturated rings. The summed E-state index contributed by atoms with van der Waals surface area (Å²) < 4.78 is 2.56. The molecule has 112 valence electrons. The van der Waals surface area contributed by atoms with Crippen LogP contribution in [0.25, 0.3) is 21.7 Å². The predicted molar refractivity (Wildman–Crippen MR) is 93.2 cm³/mol. The summed E-state index contributed by atoms with van der Waals surface area (Å²) in [5.41, 5.74) is 3.18. The van der Waals surface area contributed by atoms with Crippen molar-refractivity contribution in [3.05, 3.63) is 54.2 Å². The molecule has 3 aromatic rings. The summed E-state index contributed by atoms with van der Waals surface area (Å²) in [6.45, 7) is 9.55. The molecule has 0 radical (unpaired) electrons. The van der Waals surface area contributed by atoms with Crippen molar-refractivity contribution < 1.29 is 4.57 Å². The average Bonchev–Trinajstić information content (AvgIpc) is 2.58. The highest BCUT2D eigenvalue weighted by Crippen LogP contribution is 2.49. The molecule has 0 aliphatic carbocycles. The molecule has 2 atom stereocenters. The fourth-order valence-electron chi connectivity index (χ4n) is 4.64. The van der Waals surface area contributed by atoms with Gasteiger partial charge in [0.25, 0.3) is 0 Å². The molecule has 0 spiro atoms. The van der Waals surface area contributed by atoms with Gasteiger partial charge in [0.2, 0.25) is 5.52 Å². The van der Waals surface area contributed by atoms with E-state index in [0.29, 0.717) is 0 Å². The summed E-state index contributed by atoms with van der Waals surface area (Å²) in [6.07, 6.45) is 4.56. The lowest BCUT2D eigenvalue weighted by molar-refractivity contribution is -0.750. The number of hydrogen-bond acceptors (Lipinski definition) is 0. The predicted octanol–water partition coefficient (Wildman–Crippen LogP) is 5.09. The van der Waals surface area contributed by atoms with Gasteiger partial charge < -0.3 is 0 Å². The quantitative estimate of drug-likeness (QED) is 0.457. The summed E-state index contributed by atoms with van der Waals surface area (Å²) in [6, 6.07) is 15.8. The van der Waals surface area contributed by atoms with E-state index >= 15 is 0 Å². The fraction of sp³-hybridized carbons (Fsp3) is 0.381. The number of pyridine rings is 1. The van der Waals surface area contributed by atoms with Crippen molar-refractivity contribution in [3.63, 3.8) is 0 Å². The summed E-state index contributed by atoms with van der Waals surface area (Å²) in [5.74, 6) is 0. The lowest BCUT2D eigenvalue weighted by Gasteiger charge is -2.45. The molecule has 4 rings (SSSR count). The second-order valence-electron chi connectivity index (χ2n) is 7.10. The maximum atomic E-state index is 2.56. The third kappa shape index (κ3) is 1.37. The Balaban J connectivity index is 2.34. The molecule has 1 heteroatoms. The van der Waals surface area contributed by atoms with Gasteiger partial charge >= 0.3 is 0 Å². The van der Waals surface area contributed by atoms with E-state index in [1.807, 2.05) is 0 Å². The van der Waals surface area contributed by atoms with Gasteiger partial charge in [0.15, 0.2) is 11.7 Å². The largest absolute Gasteiger partial charge is 0.221 e. The van der Waals surface area contributed by atoms with Crippen molar-refractivity contribution in [2.75, 3.05) is 0 Å². The average molecular weight is 290 g/mol. The molecular weight excluding hydrogens is 266 g/mol. The topological polar surface area (TPSA) is 3.88 Å². The van der Waals surface area contributed by atoms with E-state index < -0.39 is 0 Å². The molecule has 2 unspecified atom stereocenters. The first kappa shape index (κ1) is 13.8. The van der Waals surface area contributed by atoms with Crippen molar-refractivity contribution in [1.82, 2.24) is 0 Å². The molecule has 1 nitrogen and oxygen atoms in total. The molecule has 2 aromatic carbocycles. The summed E-state index contributed by atoms with van der Waals surface area (Å²) in [7, 11) is 0. The Morgan fingerprint density at radius 3 is 2.32 bits per heavy atom. The zero-order chi connectivity index (χ0) is 15.5. The Bertz CT molecular complexity index is 820. The lowest BCUT2D eigenvalue weighted by Crippen LogP contribution is -2.66. The van der Waals surface area contributed by atoms with Crippen LogP contribution in [0.2, 0.25) is 0 Å². The van der Waals surface area contributed by atoms with Crippen LogP contribution in [0.5, 0.6) is 0 Å². The van der Waals surface area contributed by atoms with Crippen LogP contribution in [0, 0.1) is 0 Å². The maximum Gasteiger partial charge on any atom is 0.221 e. The Hall–Kier alpha value is -1.89. The standard InChI is InChI=1S/C21H24N/c1-5-20(3)17-11-7-9-15-12-13-16-10-8-14-22(19(16)18(15)17)21(20,4)6-2/h7-14H,5-6H2,1-4H3/q+1. The Labute approximate surface area is 132 Å². The van der Waals surface area contributed by atoms with Crippen LogP contribution < -0.4 is 4.57 Å². The van der Waals surface area contributed by atoms with Gasteiger partial charge in [-0.1, -0.05) is 38.1 Å². The van der Waals surface area contributed by atoms with Gasteiger partial charge in [0.1, 0.15) is 0 Å². The zero-order valence-corrected chi connectivity index (χ0v) is 14.0. The second kappa shape index (κ2) is 4.32. The molecule has 0 bridgehead atoms. The van der Waals surface area contributed by atoms with Crippen molar-refractivity contribution in [2.45, 2.75) is 51.5 Å². The number of hydrogen-bond donors (Lipinski definition) is 0. The molecule has 0 N–H and O–H groups in total. The van der Waals surface area contributed by atoms with E-state index in [-0.39, 0.29) is 11.0 Å². The number of aromatic nitrogens is 1. The third-order valence-corrected chi connectivity index (χ3v) is 6.51. The minimum atomic E-state index is 0.101. The van der Waals surface area contributed by atoms with Crippen LogP contribution in [-0.4, -0.2) is 0 Å².